The summed E-state index contributed by atoms with van der Waals surface area (Å²) in [6.07, 6.45) is 0.596. The molecule has 0 aromatic carbocycles. The summed E-state index contributed by atoms with van der Waals surface area (Å²) in [5.74, 6) is -1.03. The van der Waals surface area contributed by atoms with Gasteiger partial charge in [0.2, 0.25) is 0 Å². The van der Waals surface area contributed by atoms with Gasteiger partial charge < -0.3 is 19.5 Å². The van der Waals surface area contributed by atoms with E-state index in [4.69, 9.17) is 14.2 Å². The van der Waals surface area contributed by atoms with E-state index in [1.165, 1.54) is 0 Å². The standard InChI is InChI=1S/C20H37NO6/c1-10-19(6,7)25-15(22)13-12-14(16(23)26-20(8,9)11-2)21-17(24)27-18(3,4)5/h14H,10-13H2,1-9H3,(H,21,24). The van der Waals surface area contributed by atoms with Crippen molar-refractivity contribution in [3.8, 4) is 0 Å². The van der Waals surface area contributed by atoms with Crippen molar-refractivity contribution in [1.29, 1.82) is 0 Å². The summed E-state index contributed by atoms with van der Waals surface area (Å²) in [5, 5.41) is 2.51. The Labute approximate surface area is 163 Å². The van der Waals surface area contributed by atoms with Crippen LogP contribution < -0.4 is 5.32 Å². The fourth-order valence-electron chi connectivity index (χ4n) is 1.81. The second-order valence-corrected chi connectivity index (χ2v) is 8.86. The average Bonchev–Trinajstić information content (AvgIpc) is 2.48. The second-order valence-electron chi connectivity index (χ2n) is 8.86. The number of hydrogen-bond acceptors (Lipinski definition) is 6. The molecular formula is C20H37NO6. The van der Waals surface area contributed by atoms with E-state index in [2.05, 4.69) is 5.32 Å². The highest BCUT2D eigenvalue weighted by Gasteiger charge is 2.31. The zero-order valence-electron chi connectivity index (χ0n) is 18.4. The van der Waals surface area contributed by atoms with Gasteiger partial charge in [-0.3, -0.25) is 4.79 Å². The van der Waals surface area contributed by atoms with E-state index in [1.54, 1.807) is 34.6 Å². The maximum absolute atomic E-state index is 12.5. The number of carbonyl (C=O) groups is 3. The lowest BCUT2D eigenvalue weighted by molar-refractivity contribution is -0.160. The molecular weight excluding hydrogens is 350 g/mol. The third kappa shape index (κ3) is 11.5. The molecule has 0 aliphatic rings. The van der Waals surface area contributed by atoms with Crippen LogP contribution in [0.25, 0.3) is 0 Å². The Morgan fingerprint density at radius 2 is 1.30 bits per heavy atom. The van der Waals surface area contributed by atoms with Crippen LogP contribution >= 0.6 is 0 Å². The van der Waals surface area contributed by atoms with Gasteiger partial charge in [0, 0.05) is 6.42 Å². The first-order valence-electron chi connectivity index (χ1n) is 9.55. The first-order chi connectivity index (χ1) is 12.1. The molecule has 1 atom stereocenters. The van der Waals surface area contributed by atoms with Gasteiger partial charge in [-0.05, 0) is 67.7 Å². The van der Waals surface area contributed by atoms with Crippen molar-refractivity contribution in [2.45, 2.75) is 111 Å². The predicted molar refractivity (Wildman–Crippen MR) is 103 cm³/mol. The third-order valence-corrected chi connectivity index (χ3v) is 4.08. The molecule has 0 aromatic rings. The smallest absolute Gasteiger partial charge is 0.408 e. The Kier molecular flexibility index (Phi) is 9.29. The molecule has 7 heteroatoms. The number of alkyl carbamates (subject to hydrolysis) is 1. The summed E-state index contributed by atoms with van der Waals surface area (Å²) in [4.78, 5) is 36.7. The van der Waals surface area contributed by atoms with Crippen molar-refractivity contribution in [3.05, 3.63) is 0 Å². The lowest BCUT2D eigenvalue weighted by Crippen LogP contribution is -2.46. The topological polar surface area (TPSA) is 90.9 Å². The van der Waals surface area contributed by atoms with Gasteiger partial charge in [0.1, 0.15) is 22.8 Å². The minimum absolute atomic E-state index is 0.0223. The molecule has 0 bridgehead atoms. The van der Waals surface area contributed by atoms with E-state index in [-0.39, 0.29) is 12.8 Å². The van der Waals surface area contributed by atoms with E-state index in [1.807, 2.05) is 27.7 Å². The van der Waals surface area contributed by atoms with E-state index >= 15 is 0 Å². The van der Waals surface area contributed by atoms with Gasteiger partial charge in [-0.15, -0.1) is 0 Å². The van der Waals surface area contributed by atoms with E-state index < -0.39 is 40.9 Å². The van der Waals surface area contributed by atoms with Crippen molar-refractivity contribution >= 4 is 18.0 Å². The van der Waals surface area contributed by atoms with Crippen LogP contribution in [0.1, 0.15) is 88.0 Å². The minimum atomic E-state index is -0.997. The van der Waals surface area contributed by atoms with Crippen molar-refractivity contribution in [1.82, 2.24) is 5.32 Å². The summed E-state index contributed by atoms with van der Waals surface area (Å²) in [7, 11) is 0. The van der Waals surface area contributed by atoms with Crippen LogP contribution in [0.4, 0.5) is 4.79 Å². The summed E-state index contributed by atoms with van der Waals surface area (Å²) in [6, 6.07) is -0.997. The largest absolute Gasteiger partial charge is 0.460 e. The molecule has 0 aliphatic heterocycles. The maximum Gasteiger partial charge on any atom is 0.408 e. The van der Waals surface area contributed by atoms with Gasteiger partial charge in [0.05, 0.1) is 0 Å². The molecule has 158 valence electrons. The van der Waals surface area contributed by atoms with Crippen molar-refractivity contribution in [2.75, 3.05) is 0 Å². The van der Waals surface area contributed by atoms with Crippen molar-refractivity contribution in [3.63, 3.8) is 0 Å². The molecule has 0 spiro atoms. The monoisotopic (exact) mass is 387 g/mol. The number of carbonyl (C=O) groups excluding carboxylic acids is 3. The fraction of sp³-hybridized carbons (Fsp3) is 0.850. The lowest BCUT2D eigenvalue weighted by atomic mass is 10.1. The number of esters is 2. The quantitative estimate of drug-likeness (QED) is 0.473. The number of amides is 1. The number of hydrogen-bond donors (Lipinski definition) is 1. The average molecular weight is 388 g/mol. The van der Waals surface area contributed by atoms with Crippen LogP contribution in [0.5, 0.6) is 0 Å². The van der Waals surface area contributed by atoms with E-state index in [9.17, 15) is 14.4 Å². The van der Waals surface area contributed by atoms with Gasteiger partial charge in [-0.1, -0.05) is 13.8 Å². The second kappa shape index (κ2) is 9.95. The Bertz CT molecular complexity index is 519. The minimum Gasteiger partial charge on any atom is -0.460 e. The molecule has 0 saturated carbocycles. The maximum atomic E-state index is 12.5. The van der Waals surface area contributed by atoms with Crippen LogP contribution in [0.15, 0.2) is 0 Å². The van der Waals surface area contributed by atoms with Gasteiger partial charge in [-0.2, -0.15) is 0 Å². The van der Waals surface area contributed by atoms with Crippen molar-refractivity contribution < 1.29 is 28.6 Å². The number of ether oxygens (including phenoxy) is 3. The normalized spacial score (nSPS) is 13.5. The Morgan fingerprint density at radius 3 is 1.74 bits per heavy atom. The fourth-order valence-corrected chi connectivity index (χ4v) is 1.81. The van der Waals surface area contributed by atoms with Crippen LogP contribution in [-0.2, 0) is 23.8 Å². The van der Waals surface area contributed by atoms with Gasteiger partial charge in [-0.25, -0.2) is 9.59 Å². The first-order valence-corrected chi connectivity index (χ1v) is 9.55. The predicted octanol–water partition coefficient (Wildman–Crippen LogP) is 4.12. The molecule has 0 aliphatic carbocycles. The molecule has 1 unspecified atom stereocenters. The summed E-state index contributed by atoms with van der Waals surface area (Å²) in [6.45, 7) is 16.2. The molecule has 0 saturated heterocycles. The van der Waals surface area contributed by atoms with Gasteiger partial charge in [0.25, 0.3) is 0 Å². The summed E-state index contributed by atoms with van der Waals surface area (Å²) >= 11 is 0. The molecule has 27 heavy (non-hydrogen) atoms. The highest BCUT2D eigenvalue weighted by Crippen LogP contribution is 2.18. The van der Waals surface area contributed by atoms with Crippen LogP contribution in [0, 0.1) is 0 Å². The van der Waals surface area contributed by atoms with Crippen LogP contribution in [0.2, 0.25) is 0 Å². The molecule has 0 rings (SSSR count). The summed E-state index contributed by atoms with van der Waals surface area (Å²) < 4.78 is 16.1. The Balaban J connectivity index is 5.05. The molecule has 0 aromatic heterocycles. The van der Waals surface area contributed by atoms with Crippen LogP contribution in [0.3, 0.4) is 0 Å². The first kappa shape index (κ1) is 25.2. The number of rotatable bonds is 9. The summed E-state index contributed by atoms with van der Waals surface area (Å²) in [5.41, 5.74) is -1.95. The van der Waals surface area contributed by atoms with E-state index in [0.29, 0.717) is 12.8 Å². The molecule has 0 radical (unpaired) electrons. The lowest BCUT2D eigenvalue weighted by Gasteiger charge is -2.28. The van der Waals surface area contributed by atoms with Crippen LogP contribution in [-0.4, -0.2) is 40.9 Å². The Hall–Kier alpha value is -1.79. The molecule has 0 fully saturated rings. The number of nitrogens with one attached hydrogen (secondary N) is 1. The SMILES string of the molecule is CCC(C)(C)OC(=O)CCC(NC(=O)OC(C)(C)C)C(=O)OC(C)(C)CC. The van der Waals surface area contributed by atoms with Gasteiger partial charge >= 0.3 is 18.0 Å². The van der Waals surface area contributed by atoms with Crippen molar-refractivity contribution in [2.24, 2.45) is 0 Å². The van der Waals surface area contributed by atoms with E-state index in [0.717, 1.165) is 0 Å². The zero-order chi connectivity index (χ0) is 21.5. The highest BCUT2D eigenvalue weighted by molar-refractivity contribution is 5.82. The molecule has 7 nitrogen and oxygen atoms in total. The molecule has 1 amide bonds. The third-order valence-electron chi connectivity index (χ3n) is 4.08. The highest BCUT2D eigenvalue weighted by atomic mass is 16.6. The molecule has 0 heterocycles. The zero-order valence-corrected chi connectivity index (χ0v) is 18.4. The molecule has 1 N–H and O–H groups in total. The Morgan fingerprint density at radius 1 is 0.815 bits per heavy atom. The van der Waals surface area contributed by atoms with Gasteiger partial charge in [0.15, 0.2) is 0 Å².